The molecule has 0 saturated heterocycles. The molecule has 0 radical (unpaired) electrons. The van der Waals surface area contributed by atoms with Gasteiger partial charge >= 0.3 is 0 Å². The van der Waals surface area contributed by atoms with Gasteiger partial charge in [0.05, 0.1) is 0 Å². The lowest BCUT2D eigenvalue weighted by Crippen LogP contribution is -2.24. The van der Waals surface area contributed by atoms with Crippen molar-refractivity contribution in [3.63, 3.8) is 0 Å². The molecule has 0 N–H and O–H groups in total. The van der Waals surface area contributed by atoms with E-state index in [1.165, 1.54) is 0 Å². The van der Waals surface area contributed by atoms with Gasteiger partial charge in [-0.2, -0.15) is 0 Å². The third-order valence-electron chi connectivity index (χ3n) is 2.34. The summed E-state index contributed by atoms with van der Waals surface area (Å²) in [7, 11) is 0. The number of carbonyl (C=O) groups excluding carboxylic acids is 1. The monoisotopic (exact) mass is 166 g/mol. The largest absolute Gasteiger partial charge is 0.299 e. The van der Waals surface area contributed by atoms with Gasteiger partial charge in [0, 0.05) is 11.8 Å². The van der Waals surface area contributed by atoms with E-state index in [1.807, 2.05) is 20.8 Å². The summed E-state index contributed by atoms with van der Waals surface area (Å²) >= 11 is 0. The maximum atomic E-state index is 11.6. The Kier molecular flexibility index (Phi) is 3.94. The molecule has 0 bridgehead atoms. The van der Waals surface area contributed by atoms with E-state index in [0.717, 1.165) is 12.0 Å². The molecule has 0 aliphatic heterocycles. The van der Waals surface area contributed by atoms with Crippen LogP contribution in [0.2, 0.25) is 0 Å². The van der Waals surface area contributed by atoms with Crippen LogP contribution in [-0.2, 0) is 4.79 Å². The van der Waals surface area contributed by atoms with Crippen LogP contribution >= 0.6 is 0 Å². The van der Waals surface area contributed by atoms with Crippen LogP contribution in [0.5, 0.6) is 0 Å². The minimum Gasteiger partial charge on any atom is -0.299 e. The molecule has 1 nitrogen and oxygen atoms in total. The lowest BCUT2D eigenvalue weighted by molar-refractivity contribution is -0.125. The highest BCUT2D eigenvalue weighted by Gasteiger charge is 2.26. The lowest BCUT2D eigenvalue weighted by atomic mass is 9.80. The molecule has 1 heteroatoms. The van der Waals surface area contributed by atoms with Gasteiger partial charge in [-0.1, -0.05) is 18.2 Å². The van der Waals surface area contributed by atoms with Crippen LogP contribution in [0, 0.1) is 5.41 Å². The highest BCUT2D eigenvalue weighted by atomic mass is 16.1. The molecule has 0 fully saturated rings. The number of ketones is 1. The molecule has 0 aliphatic rings. The average molecular weight is 166 g/mol. The predicted molar refractivity (Wildman–Crippen MR) is 53.0 cm³/mol. The van der Waals surface area contributed by atoms with E-state index in [0.29, 0.717) is 6.42 Å². The minimum absolute atomic E-state index is 0.245. The van der Waals surface area contributed by atoms with Gasteiger partial charge in [0.15, 0.2) is 0 Å². The lowest BCUT2D eigenvalue weighted by Gasteiger charge is -2.22. The molecule has 0 unspecified atom stereocenters. The normalized spacial score (nSPS) is 10.9. The number of hydrogen-bond donors (Lipinski definition) is 0. The van der Waals surface area contributed by atoms with Crippen molar-refractivity contribution in [2.24, 2.45) is 5.41 Å². The van der Waals surface area contributed by atoms with Gasteiger partial charge in [-0.15, -0.1) is 6.58 Å². The van der Waals surface area contributed by atoms with Gasteiger partial charge in [0.1, 0.15) is 5.78 Å². The van der Waals surface area contributed by atoms with E-state index in [1.54, 1.807) is 6.08 Å². The summed E-state index contributed by atoms with van der Waals surface area (Å²) in [6, 6.07) is 0. The van der Waals surface area contributed by atoms with Crippen molar-refractivity contribution < 1.29 is 4.79 Å². The van der Waals surface area contributed by atoms with Crippen LogP contribution in [0.3, 0.4) is 0 Å². The SMILES string of the molecule is C=CCCC(=O)C(C)(C)C(=C)C. The number of allylic oxidation sites excluding steroid dienone is 2. The molecule has 0 aromatic heterocycles. The van der Waals surface area contributed by atoms with Gasteiger partial charge in [0.2, 0.25) is 0 Å². The number of hydrogen-bond acceptors (Lipinski definition) is 1. The molecule has 0 heterocycles. The molecule has 12 heavy (non-hydrogen) atoms. The molecule has 0 amide bonds. The minimum atomic E-state index is -0.372. The van der Waals surface area contributed by atoms with E-state index in [2.05, 4.69) is 13.2 Å². The Morgan fingerprint density at radius 2 is 2.00 bits per heavy atom. The first-order valence-electron chi connectivity index (χ1n) is 4.23. The van der Waals surface area contributed by atoms with Gasteiger partial charge in [-0.25, -0.2) is 0 Å². The molecular weight excluding hydrogens is 148 g/mol. The van der Waals surface area contributed by atoms with Crippen LogP contribution in [0.25, 0.3) is 0 Å². The zero-order chi connectivity index (χ0) is 9.78. The summed E-state index contributed by atoms with van der Waals surface area (Å²) in [6.45, 7) is 13.1. The van der Waals surface area contributed by atoms with Crippen molar-refractivity contribution in [2.75, 3.05) is 0 Å². The van der Waals surface area contributed by atoms with Crippen molar-refractivity contribution >= 4 is 5.78 Å². The maximum absolute atomic E-state index is 11.6. The molecule has 0 aromatic carbocycles. The summed E-state index contributed by atoms with van der Waals surface area (Å²) in [6.07, 6.45) is 3.10. The smallest absolute Gasteiger partial charge is 0.142 e. The highest BCUT2D eigenvalue weighted by Crippen LogP contribution is 2.27. The first-order valence-corrected chi connectivity index (χ1v) is 4.23. The fourth-order valence-electron chi connectivity index (χ4n) is 0.784. The molecule has 0 rings (SSSR count). The van der Waals surface area contributed by atoms with Crippen LogP contribution < -0.4 is 0 Å². The summed E-state index contributed by atoms with van der Waals surface area (Å²) in [5, 5.41) is 0. The second-order valence-electron chi connectivity index (χ2n) is 3.66. The Hall–Kier alpha value is -0.850. The quantitative estimate of drug-likeness (QED) is 0.573. The molecule has 0 aromatic rings. The molecule has 0 atom stereocenters. The first-order chi connectivity index (χ1) is 5.42. The van der Waals surface area contributed by atoms with Crippen molar-refractivity contribution in [1.29, 1.82) is 0 Å². The Morgan fingerprint density at radius 3 is 2.33 bits per heavy atom. The van der Waals surface area contributed by atoms with Crippen molar-refractivity contribution in [2.45, 2.75) is 33.6 Å². The van der Waals surface area contributed by atoms with Crippen LogP contribution in [0.15, 0.2) is 24.8 Å². The Morgan fingerprint density at radius 1 is 1.50 bits per heavy atom. The average Bonchev–Trinajstić information content (AvgIpc) is 1.99. The van der Waals surface area contributed by atoms with E-state index < -0.39 is 0 Å². The van der Waals surface area contributed by atoms with Gasteiger partial charge in [-0.05, 0) is 27.2 Å². The van der Waals surface area contributed by atoms with E-state index in [9.17, 15) is 4.79 Å². The second-order valence-corrected chi connectivity index (χ2v) is 3.66. The Bertz CT molecular complexity index is 199. The molecular formula is C11H18O. The molecule has 68 valence electrons. The summed E-state index contributed by atoms with van der Waals surface area (Å²) in [5.74, 6) is 0.245. The van der Waals surface area contributed by atoms with Crippen molar-refractivity contribution in [1.82, 2.24) is 0 Å². The number of rotatable bonds is 5. The number of Topliss-reactive ketones (excluding diaryl/α,β-unsaturated/α-hetero) is 1. The molecule has 0 saturated carbocycles. The summed E-state index contributed by atoms with van der Waals surface area (Å²) in [4.78, 5) is 11.6. The third kappa shape index (κ3) is 2.65. The van der Waals surface area contributed by atoms with Crippen LogP contribution in [0.4, 0.5) is 0 Å². The zero-order valence-electron chi connectivity index (χ0n) is 8.31. The molecule has 0 aliphatic carbocycles. The predicted octanol–water partition coefficient (Wildman–Crippen LogP) is 3.12. The van der Waals surface area contributed by atoms with E-state index >= 15 is 0 Å². The molecule has 0 spiro atoms. The fourth-order valence-corrected chi connectivity index (χ4v) is 0.784. The summed E-state index contributed by atoms with van der Waals surface area (Å²) < 4.78 is 0. The topological polar surface area (TPSA) is 17.1 Å². The van der Waals surface area contributed by atoms with E-state index in [4.69, 9.17) is 0 Å². The van der Waals surface area contributed by atoms with Gasteiger partial charge < -0.3 is 0 Å². The van der Waals surface area contributed by atoms with Gasteiger partial charge in [-0.3, -0.25) is 4.79 Å². The fraction of sp³-hybridized carbons (Fsp3) is 0.545. The van der Waals surface area contributed by atoms with E-state index in [-0.39, 0.29) is 11.2 Å². The van der Waals surface area contributed by atoms with Crippen LogP contribution in [-0.4, -0.2) is 5.78 Å². The first kappa shape index (κ1) is 11.2. The zero-order valence-corrected chi connectivity index (χ0v) is 8.31. The van der Waals surface area contributed by atoms with Crippen molar-refractivity contribution in [3.8, 4) is 0 Å². The van der Waals surface area contributed by atoms with Crippen molar-refractivity contribution in [3.05, 3.63) is 24.8 Å². The standard InChI is InChI=1S/C11H18O/c1-6-7-8-10(12)11(4,5)9(2)3/h6H,1-2,7-8H2,3-5H3. The summed E-state index contributed by atoms with van der Waals surface area (Å²) in [5.41, 5.74) is 0.555. The Labute approximate surface area is 75.2 Å². The third-order valence-corrected chi connectivity index (χ3v) is 2.34. The number of carbonyl (C=O) groups is 1. The highest BCUT2D eigenvalue weighted by molar-refractivity contribution is 5.86. The maximum Gasteiger partial charge on any atom is 0.142 e. The van der Waals surface area contributed by atoms with Crippen LogP contribution in [0.1, 0.15) is 33.6 Å². The Balaban J connectivity index is 4.25. The second kappa shape index (κ2) is 4.24. The van der Waals surface area contributed by atoms with Gasteiger partial charge in [0.25, 0.3) is 0 Å².